The summed E-state index contributed by atoms with van der Waals surface area (Å²) in [6.45, 7) is 4.16. The second kappa shape index (κ2) is 6.76. The first-order chi connectivity index (χ1) is 6.39. The van der Waals surface area contributed by atoms with Gasteiger partial charge in [-0.15, -0.1) is 11.8 Å². The van der Waals surface area contributed by atoms with Gasteiger partial charge in [0.25, 0.3) is 0 Å². The molecule has 1 rings (SSSR count). The molecule has 0 amide bonds. The summed E-state index contributed by atoms with van der Waals surface area (Å²) in [5.74, 6) is 0. The number of hydrogen-bond donors (Lipinski definition) is 1. The topological polar surface area (TPSA) is 60.2 Å². The molecule has 15 heavy (non-hydrogen) atoms. The van der Waals surface area contributed by atoms with Crippen molar-refractivity contribution in [3.63, 3.8) is 0 Å². The van der Waals surface area contributed by atoms with Gasteiger partial charge in [-0.3, -0.25) is 0 Å². The van der Waals surface area contributed by atoms with E-state index in [4.69, 9.17) is 5.14 Å². The molecule has 0 unspecified atom stereocenters. The van der Waals surface area contributed by atoms with Crippen molar-refractivity contribution in [3.05, 3.63) is 24.3 Å². The molecule has 3 nitrogen and oxygen atoms in total. The van der Waals surface area contributed by atoms with Gasteiger partial charge < -0.3 is 0 Å². The van der Waals surface area contributed by atoms with Crippen molar-refractivity contribution in [2.24, 2.45) is 5.14 Å². The standard InChI is InChI=1S/C9H13NO2S2.K.H/c1-7(2)13-8-3-5-9(6-4-8)14(10,11)12;;/h3-7H,1-2H3,(H2,10,11,12);;. The molecule has 0 saturated carbocycles. The number of nitrogens with two attached hydrogens (primary N) is 1. The molecule has 0 atom stereocenters. The molecule has 0 fully saturated rings. The van der Waals surface area contributed by atoms with Gasteiger partial charge in [-0.25, -0.2) is 13.6 Å². The van der Waals surface area contributed by atoms with E-state index in [9.17, 15) is 8.42 Å². The molecule has 0 radical (unpaired) electrons. The monoisotopic (exact) mass is 271 g/mol. The SMILES string of the molecule is CC(C)Sc1ccc(S(N)(=O)=O)cc1.[KH]. The van der Waals surface area contributed by atoms with Crippen molar-refractivity contribution in [2.45, 2.75) is 28.9 Å². The molecule has 0 heterocycles. The molecule has 6 heteroatoms. The van der Waals surface area contributed by atoms with E-state index in [1.54, 1.807) is 23.9 Å². The van der Waals surface area contributed by atoms with Gasteiger partial charge in [0.15, 0.2) is 0 Å². The molecule has 2 N–H and O–H groups in total. The van der Waals surface area contributed by atoms with Crippen LogP contribution in [0.3, 0.4) is 0 Å². The quantitative estimate of drug-likeness (QED) is 0.663. The predicted molar refractivity (Wildman–Crippen MR) is 66.0 cm³/mol. The van der Waals surface area contributed by atoms with Gasteiger partial charge >= 0.3 is 51.4 Å². The molecule has 0 bridgehead atoms. The Hall–Kier alpha value is 1.12. The zero-order valence-corrected chi connectivity index (χ0v) is 9.73. The summed E-state index contributed by atoms with van der Waals surface area (Å²) in [6.07, 6.45) is 0. The van der Waals surface area contributed by atoms with E-state index in [2.05, 4.69) is 13.8 Å². The van der Waals surface area contributed by atoms with Crippen LogP contribution in [0.2, 0.25) is 0 Å². The van der Waals surface area contributed by atoms with Gasteiger partial charge in [0.05, 0.1) is 4.90 Å². The van der Waals surface area contributed by atoms with Crippen LogP contribution in [-0.2, 0) is 10.0 Å². The van der Waals surface area contributed by atoms with Crippen LogP contribution in [0.1, 0.15) is 13.8 Å². The van der Waals surface area contributed by atoms with Gasteiger partial charge in [0.2, 0.25) is 10.0 Å². The van der Waals surface area contributed by atoms with Gasteiger partial charge in [-0.05, 0) is 24.3 Å². The van der Waals surface area contributed by atoms with E-state index in [1.165, 1.54) is 12.1 Å². The predicted octanol–water partition coefficient (Wildman–Crippen LogP) is 1.19. The Bertz CT molecular complexity index is 401. The molecule has 0 aromatic heterocycles. The third-order valence-corrected chi connectivity index (χ3v) is 3.47. The van der Waals surface area contributed by atoms with E-state index in [0.717, 1.165) is 4.90 Å². The first kappa shape index (κ1) is 16.1. The Kier molecular flexibility index (Phi) is 7.26. The van der Waals surface area contributed by atoms with Crippen molar-refractivity contribution < 1.29 is 8.42 Å². The normalized spacial score (nSPS) is 11.2. The Morgan fingerprint density at radius 3 is 2.00 bits per heavy atom. The number of primary sulfonamides is 1. The molecule has 0 aliphatic heterocycles. The number of benzene rings is 1. The van der Waals surface area contributed by atoms with Crippen LogP contribution in [0.15, 0.2) is 34.1 Å². The summed E-state index contributed by atoms with van der Waals surface area (Å²) in [6, 6.07) is 6.59. The summed E-state index contributed by atoms with van der Waals surface area (Å²) >= 11 is 1.68. The van der Waals surface area contributed by atoms with Gasteiger partial charge in [-0.1, -0.05) is 13.8 Å². The van der Waals surface area contributed by atoms with Crippen LogP contribution in [-0.4, -0.2) is 65.1 Å². The zero-order chi connectivity index (χ0) is 10.8. The minimum atomic E-state index is -3.56. The van der Waals surface area contributed by atoms with Crippen molar-refractivity contribution in [2.75, 3.05) is 0 Å². The van der Waals surface area contributed by atoms with E-state index in [1.807, 2.05) is 0 Å². The third kappa shape index (κ3) is 5.83. The van der Waals surface area contributed by atoms with Gasteiger partial charge in [0, 0.05) is 10.1 Å². The summed E-state index contributed by atoms with van der Waals surface area (Å²) in [5, 5.41) is 5.46. The van der Waals surface area contributed by atoms with E-state index in [0.29, 0.717) is 5.25 Å². The Balaban J connectivity index is 0.00000196. The molecule has 0 aliphatic rings. The van der Waals surface area contributed by atoms with Crippen LogP contribution in [0.25, 0.3) is 0 Å². The summed E-state index contributed by atoms with van der Waals surface area (Å²) < 4.78 is 21.9. The molecular formula is C9H14KNO2S2. The average molecular weight is 271 g/mol. The van der Waals surface area contributed by atoms with Crippen molar-refractivity contribution in [1.29, 1.82) is 0 Å². The number of thioether (sulfide) groups is 1. The number of sulfonamides is 1. The fourth-order valence-electron chi connectivity index (χ4n) is 0.980. The number of hydrogen-bond acceptors (Lipinski definition) is 3. The molecule has 0 spiro atoms. The van der Waals surface area contributed by atoms with Gasteiger partial charge in [-0.2, -0.15) is 0 Å². The summed E-state index contributed by atoms with van der Waals surface area (Å²) in [4.78, 5) is 1.21. The van der Waals surface area contributed by atoms with Crippen molar-refractivity contribution in [3.8, 4) is 0 Å². The molecule has 1 aromatic carbocycles. The van der Waals surface area contributed by atoms with Crippen LogP contribution < -0.4 is 5.14 Å². The molecule has 0 saturated heterocycles. The first-order valence-electron chi connectivity index (χ1n) is 4.19. The molecule has 1 aromatic rings. The fraction of sp³-hybridized carbons (Fsp3) is 0.333. The van der Waals surface area contributed by atoms with Crippen LogP contribution in [0, 0.1) is 0 Å². The van der Waals surface area contributed by atoms with Crippen LogP contribution >= 0.6 is 11.8 Å². The second-order valence-electron chi connectivity index (χ2n) is 3.18. The Morgan fingerprint density at radius 2 is 1.67 bits per heavy atom. The Morgan fingerprint density at radius 1 is 1.20 bits per heavy atom. The van der Waals surface area contributed by atoms with Crippen LogP contribution in [0.5, 0.6) is 0 Å². The fourth-order valence-corrected chi connectivity index (χ4v) is 2.33. The summed E-state index contributed by atoms with van der Waals surface area (Å²) in [7, 11) is -3.56. The maximum absolute atomic E-state index is 10.9. The Labute approximate surface area is 138 Å². The minimum absolute atomic E-state index is 0. The maximum atomic E-state index is 10.9. The second-order valence-corrected chi connectivity index (χ2v) is 6.39. The average Bonchev–Trinajstić information content (AvgIpc) is 2.02. The van der Waals surface area contributed by atoms with Crippen molar-refractivity contribution in [1.82, 2.24) is 0 Å². The molecule has 0 aliphatic carbocycles. The van der Waals surface area contributed by atoms with E-state index < -0.39 is 10.0 Å². The molecular weight excluding hydrogens is 257 g/mol. The van der Waals surface area contributed by atoms with Gasteiger partial charge in [0.1, 0.15) is 0 Å². The zero-order valence-electron chi connectivity index (χ0n) is 8.10. The van der Waals surface area contributed by atoms with E-state index in [-0.39, 0.29) is 56.3 Å². The van der Waals surface area contributed by atoms with Crippen molar-refractivity contribution >= 4 is 73.2 Å². The first-order valence-corrected chi connectivity index (χ1v) is 6.62. The third-order valence-electron chi connectivity index (χ3n) is 1.52. The summed E-state index contributed by atoms with van der Waals surface area (Å²) in [5.41, 5.74) is 0. The molecule has 80 valence electrons. The van der Waals surface area contributed by atoms with E-state index >= 15 is 0 Å². The number of rotatable bonds is 3. The van der Waals surface area contributed by atoms with Crippen LogP contribution in [0.4, 0.5) is 0 Å².